The molecule has 1 amide bonds. The van der Waals surface area contributed by atoms with Gasteiger partial charge in [0.25, 0.3) is 0 Å². The van der Waals surface area contributed by atoms with E-state index >= 15 is 0 Å². The molecule has 34 heavy (non-hydrogen) atoms. The first-order valence-corrected chi connectivity index (χ1v) is 12.0. The van der Waals surface area contributed by atoms with E-state index in [4.69, 9.17) is 0 Å². The van der Waals surface area contributed by atoms with Gasteiger partial charge in [-0.3, -0.25) is 19.6 Å². The Morgan fingerprint density at radius 3 is 2.32 bits per heavy atom. The maximum absolute atomic E-state index is 12.3. The minimum Gasteiger partial charge on any atom is -0.355 e. The topological polar surface area (TPSA) is 86.3 Å². The number of carbonyl (C=O) groups is 1. The predicted molar refractivity (Wildman–Crippen MR) is 132 cm³/mol. The van der Waals surface area contributed by atoms with Crippen molar-refractivity contribution in [1.29, 1.82) is 0 Å². The Balaban J connectivity index is 1.35. The fraction of sp³-hybridized carbons (Fsp3) is 0.385. The highest BCUT2D eigenvalue weighted by Gasteiger charge is 2.19. The van der Waals surface area contributed by atoms with E-state index < -0.39 is 0 Å². The lowest BCUT2D eigenvalue weighted by atomic mass is 10.0. The van der Waals surface area contributed by atoms with Gasteiger partial charge in [0.15, 0.2) is 0 Å². The SMILES string of the molecule is O=C1CN2CCN(CC2)Cc2cccc(c2)Cc2cc(ccn2)-c2cnc(nc2)NCCCN1. The van der Waals surface area contributed by atoms with Gasteiger partial charge in [0.2, 0.25) is 11.9 Å². The van der Waals surface area contributed by atoms with E-state index in [0.717, 1.165) is 62.4 Å². The molecule has 8 rings (SSSR count). The van der Waals surface area contributed by atoms with Crippen LogP contribution in [0.5, 0.6) is 0 Å². The molecule has 176 valence electrons. The van der Waals surface area contributed by atoms with Crippen LogP contribution < -0.4 is 10.6 Å². The molecule has 7 heterocycles. The summed E-state index contributed by atoms with van der Waals surface area (Å²) in [4.78, 5) is 30.5. The van der Waals surface area contributed by atoms with Crippen LogP contribution in [0.15, 0.2) is 55.0 Å². The molecule has 8 nitrogen and oxygen atoms in total. The zero-order chi connectivity index (χ0) is 23.2. The summed E-state index contributed by atoms with van der Waals surface area (Å²) in [5, 5.41) is 6.26. The number of rotatable bonds is 0. The lowest BCUT2D eigenvalue weighted by Crippen LogP contribution is -2.49. The second kappa shape index (κ2) is 10.7. The van der Waals surface area contributed by atoms with E-state index in [-0.39, 0.29) is 5.91 Å². The molecule has 5 aliphatic heterocycles. The molecule has 0 unspecified atom stereocenters. The molecule has 3 aromatic rings. The number of hydrogen-bond donors (Lipinski definition) is 2. The van der Waals surface area contributed by atoms with Gasteiger partial charge in [-0.15, -0.1) is 0 Å². The van der Waals surface area contributed by atoms with Crippen LogP contribution >= 0.6 is 0 Å². The molecule has 8 bridgehead atoms. The second-order valence-electron chi connectivity index (χ2n) is 9.01. The normalized spacial score (nSPS) is 21.5. The maximum Gasteiger partial charge on any atom is 0.234 e. The van der Waals surface area contributed by atoms with Crippen LogP contribution in [0.1, 0.15) is 23.2 Å². The van der Waals surface area contributed by atoms with Gasteiger partial charge in [0, 0.05) is 82.1 Å². The summed E-state index contributed by atoms with van der Waals surface area (Å²) >= 11 is 0. The molecule has 0 spiro atoms. The van der Waals surface area contributed by atoms with Crippen molar-refractivity contribution in [2.75, 3.05) is 51.1 Å². The molecule has 2 N–H and O–H groups in total. The zero-order valence-electron chi connectivity index (χ0n) is 19.4. The Hall–Kier alpha value is -3.36. The van der Waals surface area contributed by atoms with E-state index in [1.807, 2.05) is 24.7 Å². The predicted octanol–water partition coefficient (Wildman–Crippen LogP) is 2.18. The highest BCUT2D eigenvalue weighted by molar-refractivity contribution is 5.78. The van der Waals surface area contributed by atoms with Crippen molar-refractivity contribution in [1.82, 2.24) is 30.1 Å². The molecule has 1 saturated heterocycles. The highest BCUT2D eigenvalue weighted by Crippen LogP contribution is 2.20. The first-order chi connectivity index (χ1) is 16.7. The van der Waals surface area contributed by atoms with Gasteiger partial charge in [-0.25, -0.2) is 9.97 Å². The molecule has 1 fully saturated rings. The first kappa shape index (κ1) is 22.4. The smallest absolute Gasteiger partial charge is 0.234 e. The molecule has 8 heteroatoms. The van der Waals surface area contributed by atoms with Gasteiger partial charge in [-0.1, -0.05) is 24.3 Å². The van der Waals surface area contributed by atoms with Gasteiger partial charge in [0.1, 0.15) is 0 Å². The number of nitrogens with zero attached hydrogens (tertiary/aromatic N) is 5. The number of piperazine rings is 1. The van der Waals surface area contributed by atoms with Crippen molar-refractivity contribution in [3.05, 3.63) is 71.8 Å². The first-order valence-electron chi connectivity index (χ1n) is 12.0. The van der Waals surface area contributed by atoms with E-state index in [2.05, 4.69) is 65.7 Å². The lowest BCUT2D eigenvalue weighted by Gasteiger charge is -2.34. The van der Waals surface area contributed by atoms with Gasteiger partial charge in [-0.05, 0) is 35.2 Å². The number of nitrogens with one attached hydrogen (secondary N) is 2. The molecule has 0 aliphatic carbocycles. The largest absolute Gasteiger partial charge is 0.355 e. The number of carbonyl (C=O) groups excluding carboxylic acids is 1. The third-order valence-corrected chi connectivity index (χ3v) is 6.38. The Morgan fingerprint density at radius 1 is 0.765 bits per heavy atom. The summed E-state index contributed by atoms with van der Waals surface area (Å²) < 4.78 is 0. The van der Waals surface area contributed by atoms with Crippen molar-refractivity contribution < 1.29 is 4.79 Å². The number of amides is 1. The van der Waals surface area contributed by atoms with Crippen LogP contribution in [0.2, 0.25) is 0 Å². The molecule has 5 aliphatic rings. The van der Waals surface area contributed by atoms with Crippen LogP contribution in [0.25, 0.3) is 11.1 Å². The molecular weight excluding hydrogens is 426 g/mol. The van der Waals surface area contributed by atoms with Gasteiger partial charge >= 0.3 is 0 Å². The molecule has 1 aromatic carbocycles. The second-order valence-corrected chi connectivity index (χ2v) is 9.01. The third kappa shape index (κ3) is 5.95. The van der Waals surface area contributed by atoms with E-state index in [9.17, 15) is 4.79 Å². The van der Waals surface area contributed by atoms with Gasteiger partial charge in [-0.2, -0.15) is 0 Å². The van der Waals surface area contributed by atoms with Crippen molar-refractivity contribution in [2.24, 2.45) is 0 Å². The van der Waals surface area contributed by atoms with E-state index in [1.165, 1.54) is 11.1 Å². The van der Waals surface area contributed by atoms with Gasteiger partial charge in [0.05, 0.1) is 6.54 Å². The average molecular weight is 458 g/mol. The van der Waals surface area contributed by atoms with E-state index in [1.54, 1.807) is 0 Å². The minimum atomic E-state index is 0.0931. The van der Waals surface area contributed by atoms with Crippen LogP contribution in [-0.4, -0.2) is 76.5 Å². The van der Waals surface area contributed by atoms with Crippen LogP contribution in [0.4, 0.5) is 5.95 Å². The monoisotopic (exact) mass is 457 g/mol. The third-order valence-electron chi connectivity index (χ3n) is 6.38. The highest BCUT2D eigenvalue weighted by atomic mass is 16.2. The number of anilines is 1. The lowest BCUT2D eigenvalue weighted by molar-refractivity contribution is -0.122. The Bertz CT molecular complexity index is 1110. The summed E-state index contributed by atoms with van der Waals surface area (Å²) in [6.07, 6.45) is 7.13. The summed E-state index contributed by atoms with van der Waals surface area (Å²) in [5.74, 6) is 0.688. The fourth-order valence-electron chi connectivity index (χ4n) is 4.51. The standard InChI is InChI=1S/C26H31N7O/c34-25-19-33-11-9-32(10-12-33)18-21-4-1-3-20(13-21)14-24-15-22(5-8-27-24)23-16-30-26(31-17-23)29-7-2-6-28-25/h1,3-5,8,13,15-17H,2,6-7,9-12,14,18-19H2,(H,28,34)(H,29,30,31). The minimum absolute atomic E-state index is 0.0931. The summed E-state index contributed by atoms with van der Waals surface area (Å²) in [7, 11) is 0. The molecular formula is C26H31N7O. The van der Waals surface area contributed by atoms with Crippen LogP contribution in [0, 0.1) is 0 Å². The average Bonchev–Trinajstić information content (AvgIpc) is 2.85. The van der Waals surface area contributed by atoms with E-state index in [0.29, 0.717) is 25.6 Å². The number of aromatic nitrogens is 3. The number of pyridine rings is 1. The molecule has 2 aromatic heterocycles. The number of benzene rings is 1. The van der Waals surface area contributed by atoms with Crippen LogP contribution in [0.3, 0.4) is 0 Å². The zero-order valence-corrected chi connectivity index (χ0v) is 19.4. The van der Waals surface area contributed by atoms with Crippen molar-refractivity contribution in [2.45, 2.75) is 19.4 Å². The Kier molecular flexibility index (Phi) is 7.07. The number of hydrogen-bond acceptors (Lipinski definition) is 7. The van der Waals surface area contributed by atoms with Crippen molar-refractivity contribution in [3.8, 4) is 11.1 Å². The fourth-order valence-corrected chi connectivity index (χ4v) is 4.51. The van der Waals surface area contributed by atoms with Gasteiger partial charge < -0.3 is 10.6 Å². The Labute approximate surface area is 200 Å². The quantitative estimate of drug-likeness (QED) is 0.535. The molecule has 0 atom stereocenters. The van der Waals surface area contributed by atoms with Crippen molar-refractivity contribution >= 4 is 11.9 Å². The summed E-state index contributed by atoms with van der Waals surface area (Å²) in [6, 6.07) is 12.9. The summed E-state index contributed by atoms with van der Waals surface area (Å²) in [5.41, 5.74) is 5.63. The van der Waals surface area contributed by atoms with Crippen LogP contribution in [-0.2, 0) is 17.8 Å². The van der Waals surface area contributed by atoms with Crippen molar-refractivity contribution in [3.63, 3.8) is 0 Å². The summed E-state index contributed by atoms with van der Waals surface area (Å²) in [6.45, 7) is 6.52. The molecule has 0 radical (unpaired) electrons. The Morgan fingerprint density at radius 2 is 1.50 bits per heavy atom. The maximum atomic E-state index is 12.3. The molecule has 0 saturated carbocycles.